The highest BCUT2D eigenvalue weighted by Crippen LogP contribution is 2.38. The van der Waals surface area contributed by atoms with E-state index in [4.69, 9.17) is 5.11 Å². The van der Waals surface area contributed by atoms with Gasteiger partial charge in [0.1, 0.15) is 5.41 Å². The third-order valence-corrected chi connectivity index (χ3v) is 4.14. The number of nitrogens with one attached hydrogen (secondary N) is 1. The number of hydrogen-bond donors (Lipinski definition) is 2. The Morgan fingerprint density at radius 3 is 2.33 bits per heavy atom. The Kier molecular flexibility index (Phi) is 4.27. The normalized spacial score (nSPS) is 17.7. The number of carbonyl (C=O) groups is 2. The zero-order valence-electron chi connectivity index (χ0n) is 11.9. The molecule has 2 rings (SSSR count). The number of benzene rings is 1. The smallest absolute Gasteiger partial charge is 0.310 e. The number of carboxylic acid groups (broad SMARTS) is 1. The average Bonchev–Trinajstić information content (AvgIpc) is 2.97. The number of carbonyl (C=O) groups excluding carboxylic acids is 1. The van der Waals surface area contributed by atoms with Gasteiger partial charge < -0.3 is 10.4 Å². The summed E-state index contributed by atoms with van der Waals surface area (Å²) in [4.78, 5) is 23.2. The van der Waals surface area contributed by atoms with Crippen LogP contribution in [-0.4, -0.2) is 17.0 Å². The van der Waals surface area contributed by atoms with Gasteiger partial charge in [0.15, 0.2) is 0 Å². The molecule has 1 aromatic carbocycles. The monoisotopic (exact) mass is 286 g/mol. The van der Waals surface area contributed by atoms with Gasteiger partial charge in [-0.2, -0.15) is 5.26 Å². The number of nitriles is 1. The van der Waals surface area contributed by atoms with E-state index in [0.29, 0.717) is 24.1 Å². The van der Waals surface area contributed by atoms with Gasteiger partial charge in [-0.1, -0.05) is 25.0 Å². The quantitative estimate of drug-likeness (QED) is 0.890. The van der Waals surface area contributed by atoms with Crippen molar-refractivity contribution in [3.63, 3.8) is 0 Å². The summed E-state index contributed by atoms with van der Waals surface area (Å²) in [5.74, 6) is -1.74. The number of nitrogens with zero attached hydrogens (tertiary/aromatic N) is 1. The lowest BCUT2D eigenvalue weighted by Crippen LogP contribution is -2.32. The highest BCUT2D eigenvalue weighted by molar-refractivity contribution is 5.97. The first kappa shape index (κ1) is 15.0. The molecule has 0 heterocycles. The molecule has 1 unspecified atom stereocenters. The second-order valence-corrected chi connectivity index (χ2v) is 5.54. The molecule has 5 nitrogen and oxygen atoms in total. The third-order valence-electron chi connectivity index (χ3n) is 4.14. The number of amides is 1. The average molecular weight is 286 g/mol. The molecule has 0 aliphatic heterocycles. The molecule has 5 heteroatoms. The minimum absolute atomic E-state index is 0.262. The number of aliphatic carboxylic acids is 1. The van der Waals surface area contributed by atoms with Gasteiger partial charge in [-0.05, 0) is 37.5 Å². The van der Waals surface area contributed by atoms with Crippen molar-refractivity contribution in [2.24, 2.45) is 5.41 Å². The molecule has 0 aromatic heterocycles. The van der Waals surface area contributed by atoms with Crippen LogP contribution in [0.15, 0.2) is 24.3 Å². The first-order valence-electron chi connectivity index (χ1n) is 7.04. The zero-order chi connectivity index (χ0) is 15.5. The Morgan fingerprint density at radius 1 is 1.29 bits per heavy atom. The molecular formula is C16H18N2O3. The molecule has 1 atom stereocenters. The van der Waals surface area contributed by atoms with Crippen molar-refractivity contribution in [2.45, 2.75) is 38.5 Å². The second kappa shape index (κ2) is 5.96. The van der Waals surface area contributed by atoms with E-state index in [2.05, 4.69) is 11.4 Å². The van der Waals surface area contributed by atoms with Crippen LogP contribution in [0.25, 0.3) is 0 Å². The zero-order valence-corrected chi connectivity index (χ0v) is 11.9. The lowest BCUT2D eigenvalue weighted by Gasteiger charge is -2.19. The van der Waals surface area contributed by atoms with E-state index in [9.17, 15) is 14.9 Å². The van der Waals surface area contributed by atoms with Crippen LogP contribution in [0.2, 0.25) is 0 Å². The molecule has 0 radical (unpaired) electrons. The van der Waals surface area contributed by atoms with Crippen molar-refractivity contribution in [1.82, 2.24) is 0 Å². The van der Waals surface area contributed by atoms with Gasteiger partial charge in [0.05, 0.1) is 12.0 Å². The van der Waals surface area contributed by atoms with Crippen LogP contribution in [0.1, 0.15) is 44.1 Å². The van der Waals surface area contributed by atoms with Crippen LogP contribution in [-0.2, 0) is 9.59 Å². The van der Waals surface area contributed by atoms with Crippen LogP contribution in [0.5, 0.6) is 0 Å². The van der Waals surface area contributed by atoms with Gasteiger partial charge in [-0.3, -0.25) is 9.59 Å². The highest BCUT2D eigenvalue weighted by Gasteiger charge is 2.41. The lowest BCUT2D eigenvalue weighted by molar-refractivity contribution is -0.138. The maximum atomic E-state index is 12.3. The number of rotatable bonds is 4. The summed E-state index contributed by atoms with van der Waals surface area (Å²) < 4.78 is 0. The van der Waals surface area contributed by atoms with Gasteiger partial charge in [0.2, 0.25) is 5.91 Å². The molecule has 0 saturated heterocycles. The van der Waals surface area contributed by atoms with E-state index in [1.807, 2.05) is 0 Å². The Balaban J connectivity index is 2.09. The fraction of sp³-hybridized carbons (Fsp3) is 0.438. The molecule has 1 saturated carbocycles. The van der Waals surface area contributed by atoms with Crippen LogP contribution in [0, 0.1) is 16.7 Å². The Bertz CT molecular complexity index is 581. The largest absolute Gasteiger partial charge is 0.481 e. The predicted octanol–water partition coefficient (Wildman–Crippen LogP) is 2.90. The second-order valence-electron chi connectivity index (χ2n) is 5.54. The van der Waals surface area contributed by atoms with Gasteiger partial charge in [-0.25, -0.2) is 0 Å². The van der Waals surface area contributed by atoms with E-state index in [-0.39, 0.29) is 5.91 Å². The fourth-order valence-electron chi connectivity index (χ4n) is 2.62. The van der Waals surface area contributed by atoms with Crippen LogP contribution >= 0.6 is 0 Å². The van der Waals surface area contributed by atoms with Crippen molar-refractivity contribution < 1.29 is 14.7 Å². The summed E-state index contributed by atoms with van der Waals surface area (Å²) in [6.07, 6.45) is 3.00. The van der Waals surface area contributed by atoms with E-state index in [0.717, 1.165) is 12.8 Å². The maximum absolute atomic E-state index is 12.3. The van der Waals surface area contributed by atoms with E-state index < -0.39 is 17.3 Å². The van der Waals surface area contributed by atoms with Gasteiger partial charge >= 0.3 is 5.97 Å². The maximum Gasteiger partial charge on any atom is 0.310 e. The van der Waals surface area contributed by atoms with E-state index >= 15 is 0 Å². The first-order chi connectivity index (χ1) is 9.98. The minimum Gasteiger partial charge on any atom is -0.481 e. The molecule has 0 bridgehead atoms. The van der Waals surface area contributed by atoms with Crippen LogP contribution in [0.3, 0.4) is 0 Å². The van der Waals surface area contributed by atoms with Crippen molar-refractivity contribution in [3.8, 4) is 6.07 Å². The fourth-order valence-corrected chi connectivity index (χ4v) is 2.62. The molecule has 2 N–H and O–H groups in total. The van der Waals surface area contributed by atoms with Crippen molar-refractivity contribution >= 4 is 17.6 Å². The highest BCUT2D eigenvalue weighted by atomic mass is 16.4. The van der Waals surface area contributed by atoms with Gasteiger partial charge in [0.25, 0.3) is 0 Å². The summed E-state index contributed by atoms with van der Waals surface area (Å²) in [5, 5.41) is 21.0. The van der Waals surface area contributed by atoms with Gasteiger partial charge in [0, 0.05) is 5.69 Å². The summed E-state index contributed by atoms with van der Waals surface area (Å²) >= 11 is 0. The van der Waals surface area contributed by atoms with Crippen molar-refractivity contribution in [2.75, 3.05) is 5.32 Å². The lowest BCUT2D eigenvalue weighted by atomic mass is 9.87. The van der Waals surface area contributed by atoms with Crippen LogP contribution < -0.4 is 5.32 Å². The summed E-state index contributed by atoms with van der Waals surface area (Å²) in [7, 11) is 0. The summed E-state index contributed by atoms with van der Waals surface area (Å²) in [6.45, 7) is 1.61. The summed E-state index contributed by atoms with van der Waals surface area (Å²) in [5.41, 5.74) is 0.353. The number of hydrogen-bond acceptors (Lipinski definition) is 3. The minimum atomic E-state index is -0.910. The van der Waals surface area contributed by atoms with Crippen molar-refractivity contribution in [3.05, 3.63) is 29.8 Å². The molecule has 0 spiro atoms. The summed E-state index contributed by atoms with van der Waals surface area (Å²) in [6, 6.07) is 8.86. The predicted molar refractivity (Wildman–Crippen MR) is 77.6 cm³/mol. The van der Waals surface area contributed by atoms with E-state index in [1.54, 1.807) is 31.2 Å². The van der Waals surface area contributed by atoms with Crippen LogP contribution in [0.4, 0.5) is 5.69 Å². The molecule has 1 fully saturated rings. The number of carboxylic acids is 1. The molecule has 1 aromatic rings. The van der Waals surface area contributed by atoms with Crippen molar-refractivity contribution in [1.29, 1.82) is 5.26 Å². The molecule has 21 heavy (non-hydrogen) atoms. The van der Waals surface area contributed by atoms with E-state index in [1.165, 1.54) is 0 Å². The topological polar surface area (TPSA) is 90.2 Å². The Morgan fingerprint density at radius 2 is 1.86 bits per heavy atom. The Hall–Kier alpha value is -2.35. The SMILES string of the molecule is CC(C(=O)O)c1ccc(NC(=O)C2(C#N)CCCC2)cc1. The molecule has 1 aliphatic rings. The third kappa shape index (κ3) is 3.05. The first-order valence-corrected chi connectivity index (χ1v) is 7.04. The molecule has 110 valence electrons. The Labute approximate surface area is 123 Å². The van der Waals surface area contributed by atoms with Gasteiger partial charge in [-0.15, -0.1) is 0 Å². The molecular weight excluding hydrogens is 268 g/mol. The number of anilines is 1. The standard InChI is InChI=1S/C16H18N2O3/c1-11(14(19)20)12-4-6-13(7-5-12)18-15(21)16(10-17)8-2-3-9-16/h4-7,11H,2-3,8-9H2,1H3,(H,18,21)(H,19,20). The molecule has 1 amide bonds. The molecule has 1 aliphatic carbocycles.